The number of fused-ring (bicyclic) bond motifs is 1. The van der Waals surface area contributed by atoms with E-state index in [9.17, 15) is 9.59 Å². The number of allylic oxidation sites excluding steroid dienone is 2. The van der Waals surface area contributed by atoms with Gasteiger partial charge in [0.05, 0.1) is 23.8 Å². The standard InChI is InChI=1S/C35H29NO3/c1-24-14-18-28(19-15-24)36-25(2)35(33(38)21-17-27-12-8-5-9-13-27)29-23-34(39-3)30(22-31(29)36)32(37)20-16-26-10-6-4-7-11-26/h4-23H,1-3H3/b20-16+,21-17+. The average molecular weight is 512 g/mol. The monoisotopic (exact) mass is 511 g/mol. The maximum absolute atomic E-state index is 13.6. The topological polar surface area (TPSA) is 48.3 Å². The molecular formula is C35H29NO3. The Bertz CT molecular complexity index is 1710. The molecule has 5 rings (SSSR count). The maximum atomic E-state index is 13.6. The molecule has 0 aliphatic carbocycles. The Morgan fingerprint density at radius 2 is 1.28 bits per heavy atom. The number of hydrogen-bond donors (Lipinski definition) is 0. The molecule has 0 saturated heterocycles. The van der Waals surface area contributed by atoms with Gasteiger partial charge >= 0.3 is 0 Å². The molecule has 5 aromatic rings. The lowest BCUT2D eigenvalue weighted by Crippen LogP contribution is -2.01. The number of hydrogen-bond acceptors (Lipinski definition) is 3. The van der Waals surface area contributed by atoms with Gasteiger partial charge in [-0.15, -0.1) is 0 Å². The van der Waals surface area contributed by atoms with Crippen molar-refractivity contribution in [2.75, 3.05) is 7.11 Å². The van der Waals surface area contributed by atoms with Gasteiger partial charge in [0.15, 0.2) is 11.6 Å². The molecule has 0 aliphatic heterocycles. The van der Waals surface area contributed by atoms with Crippen LogP contribution in [-0.4, -0.2) is 23.2 Å². The molecule has 0 atom stereocenters. The first kappa shape index (κ1) is 25.7. The number of benzene rings is 4. The number of nitrogens with zero attached hydrogens (tertiary/aromatic N) is 1. The first-order valence-corrected chi connectivity index (χ1v) is 12.8. The summed E-state index contributed by atoms with van der Waals surface area (Å²) < 4.78 is 7.71. The van der Waals surface area contributed by atoms with E-state index in [0.717, 1.165) is 39.0 Å². The Labute approximate surface area is 228 Å². The van der Waals surface area contributed by atoms with Crippen LogP contribution < -0.4 is 4.74 Å². The fourth-order valence-corrected chi connectivity index (χ4v) is 4.79. The summed E-state index contributed by atoms with van der Waals surface area (Å²) in [6.07, 6.45) is 6.77. The number of aromatic nitrogens is 1. The molecule has 0 saturated carbocycles. The normalized spacial score (nSPS) is 11.5. The van der Waals surface area contributed by atoms with Crippen LogP contribution in [0.1, 0.15) is 43.1 Å². The minimum atomic E-state index is -0.177. The zero-order valence-electron chi connectivity index (χ0n) is 22.2. The van der Waals surface area contributed by atoms with Crippen molar-refractivity contribution in [1.29, 1.82) is 0 Å². The van der Waals surface area contributed by atoms with Crippen LogP contribution in [0.2, 0.25) is 0 Å². The van der Waals surface area contributed by atoms with E-state index < -0.39 is 0 Å². The van der Waals surface area contributed by atoms with E-state index >= 15 is 0 Å². The summed E-state index contributed by atoms with van der Waals surface area (Å²) in [6.45, 7) is 3.97. The zero-order chi connectivity index (χ0) is 27.4. The van der Waals surface area contributed by atoms with Crippen LogP contribution in [0.15, 0.2) is 109 Å². The fourth-order valence-electron chi connectivity index (χ4n) is 4.79. The number of rotatable bonds is 8. The molecule has 0 aliphatic rings. The second kappa shape index (κ2) is 11.2. The number of ether oxygens (including phenoxy) is 1. The molecule has 0 N–H and O–H groups in total. The highest BCUT2D eigenvalue weighted by Crippen LogP contribution is 2.35. The first-order chi connectivity index (χ1) is 19.0. The first-order valence-electron chi connectivity index (χ1n) is 12.8. The smallest absolute Gasteiger partial charge is 0.189 e. The van der Waals surface area contributed by atoms with Gasteiger partial charge in [0.25, 0.3) is 0 Å². The molecule has 4 aromatic carbocycles. The predicted molar refractivity (Wildman–Crippen MR) is 159 cm³/mol. The summed E-state index contributed by atoms with van der Waals surface area (Å²) in [5, 5.41) is 0.733. The summed E-state index contributed by atoms with van der Waals surface area (Å²) in [5.41, 5.74) is 6.50. The van der Waals surface area contributed by atoms with Crippen molar-refractivity contribution in [3.05, 3.63) is 143 Å². The molecule has 0 amide bonds. The summed E-state index contributed by atoms with van der Waals surface area (Å²) in [6, 6.07) is 31.2. The predicted octanol–water partition coefficient (Wildman–Crippen LogP) is 8.05. The van der Waals surface area contributed by atoms with Crippen LogP contribution in [0.3, 0.4) is 0 Å². The number of carbonyl (C=O) groups is 2. The minimum Gasteiger partial charge on any atom is -0.496 e. The van der Waals surface area contributed by atoms with E-state index in [1.54, 1.807) is 31.4 Å². The van der Waals surface area contributed by atoms with E-state index in [1.807, 2.05) is 115 Å². The number of aryl methyl sites for hydroxylation is 1. The van der Waals surface area contributed by atoms with E-state index in [0.29, 0.717) is 16.9 Å². The van der Waals surface area contributed by atoms with Gasteiger partial charge < -0.3 is 9.30 Å². The van der Waals surface area contributed by atoms with Crippen molar-refractivity contribution in [2.24, 2.45) is 0 Å². The highest BCUT2D eigenvalue weighted by Gasteiger charge is 2.23. The van der Waals surface area contributed by atoms with Gasteiger partial charge in [-0.1, -0.05) is 90.5 Å². The SMILES string of the molecule is COc1cc2c(C(=O)/C=C/c3ccccc3)c(C)n(-c3ccc(C)cc3)c2cc1C(=O)/C=C/c1ccccc1. The molecule has 1 heterocycles. The van der Waals surface area contributed by atoms with Crippen LogP contribution in [0.25, 0.3) is 28.7 Å². The summed E-state index contributed by atoms with van der Waals surface area (Å²) in [7, 11) is 1.54. The van der Waals surface area contributed by atoms with Gasteiger partial charge in [0, 0.05) is 16.8 Å². The molecule has 0 bridgehead atoms. The largest absolute Gasteiger partial charge is 0.496 e. The molecule has 0 fully saturated rings. The van der Waals surface area contributed by atoms with E-state index in [2.05, 4.69) is 0 Å². The zero-order valence-corrected chi connectivity index (χ0v) is 22.2. The Balaban J connectivity index is 1.67. The van der Waals surface area contributed by atoms with Crippen molar-refractivity contribution in [3.8, 4) is 11.4 Å². The molecule has 4 heteroatoms. The third-order valence-corrected chi connectivity index (χ3v) is 6.78. The minimum absolute atomic E-state index is 0.114. The molecule has 1 aromatic heterocycles. The molecule has 39 heavy (non-hydrogen) atoms. The Morgan fingerprint density at radius 1 is 0.718 bits per heavy atom. The second-order valence-electron chi connectivity index (χ2n) is 9.42. The summed E-state index contributed by atoms with van der Waals surface area (Å²) >= 11 is 0. The van der Waals surface area contributed by atoms with Gasteiger partial charge in [0.1, 0.15) is 5.75 Å². The summed E-state index contributed by atoms with van der Waals surface area (Å²) in [5.74, 6) is 0.133. The van der Waals surface area contributed by atoms with E-state index in [1.165, 1.54) is 0 Å². The second-order valence-corrected chi connectivity index (χ2v) is 9.42. The third kappa shape index (κ3) is 5.36. The van der Waals surface area contributed by atoms with Crippen molar-refractivity contribution in [3.63, 3.8) is 0 Å². The molecule has 192 valence electrons. The van der Waals surface area contributed by atoms with Gasteiger partial charge in [-0.3, -0.25) is 9.59 Å². The highest BCUT2D eigenvalue weighted by molar-refractivity contribution is 6.18. The number of methoxy groups -OCH3 is 1. The fraction of sp³-hybridized carbons (Fsp3) is 0.0857. The van der Waals surface area contributed by atoms with Gasteiger partial charge in [-0.2, -0.15) is 0 Å². The Morgan fingerprint density at radius 3 is 1.85 bits per heavy atom. The van der Waals surface area contributed by atoms with Crippen LogP contribution in [0, 0.1) is 13.8 Å². The lowest BCUT2D eigenvalue weighted by molar-refractivity contribution is 0.103. The van der Waals surface area contributed by atoms with Gasteiger partial charge in [-0.25, -0.2) is 0 Å². The lowest BCUT2D eigenvalue weighted by Gasteiger charge is -2.11. The van der Waals surface area contributed by atoms with Crippen molar-refractivity contribution < 1.29 is 14.3 Å². The lowest BCUT2D eigenvalue weighted by atomic mass is 10.0. The average Bonchev–Trinajstić information content (AvgIpc) is 3.26. The molecule has 4 nitrogen and oxygen atoms in total. The van der Waals surface area contributed by atoms with Gasteiger partial charge in [-0.05, 0) is 61.4 Å². The van der Waals surface area contributed by atoms with Crippen molar-refractivity contribution >= 4 is 34.6 Å². The third-order valence-electron chi connectivity index (χ3n) is 6.78. The van der Waals surface area contributed by atoms with Gasteiger partial charge in [0.2, 0.25) is 0 Å². The van der Waals surface area contributed by atoms with Crippen LogP contribution in [-0.2, 0) is 0 Å². The van der Waals surface area contributed by atoms with E-state index in [-0.39, 0.29) is 11.6 Å². The maximum Gasteiger partial charge on any atom is 0.189 e. The van der Waals surface area contributed by atoms with Crippen LogP contribution in [0.5, 0.6) is 5.75 Å². The van der Waals surface area contributed by atoms with Crippen molar-refractivity contribution in [2.45, 2.75) is 13.8 Å². The number of ketones is 2. The van der Waals surface area contributed by atoms with E-state index in [4.69, 9.17) is 4.74 Å². The molecule has 0 radical (unpaired) electrons. The Hall–Kier alpha value is -4.96. The molecular weight excluding hydrogens is 482 g/mol. The highest BCUT2D eigenvalue weighted by atomic mass is 16.5. The quantitative estimate of drug-likeness (QED) is 0.156. The molecule has 0 unspecified atom stereocenters. The Kier molecular flexibility index (Phi) is 7.37. The molecule has 0 spiro atoms. The van der Waals surface area contributed by atoms with Crippen LogP contribution >= 0.6 is 0 Å². The summed E-state index contributed by atoms with van der Waals surface area (Å²) in [4.78, 5) is 27.0. The van der Waals surface area contributed by atoms with Crippen molar-refractivity contribution in [1.82, 2.24) is 4.57 Å². The van der Waals surface area contributed by atoms with Crippen LogP contribution in [0.4, 0.5) is 0 Å². The number of carbonyl (C=O) groups excluding carboxylic acids is 2.